The summed E-state index contributed by atoms with van der Waals surface area (Å²) in [7, 11) is -0.520. The van der Waals surface area contributed by atoms with Crippen molar-refractivity contribution in [2.24, 2.45) is 11.8 Å². The minimum Gasteiger partial charge on any atom is -0.311 e. The maximum atomic E-state index is 11.3. The second-order valence-electron chi connectivity index (χ2n) is 5.75. The van der Waals surface area contributed by atoms with Gasteiger partial charge in [0.1, 0.15) is 0 Å². The number of rotatable bonds is 2. The van der Waals surface area contributed by atoms with E-state index >= 15 is 0 Å². The molecule has 1 aliphatic heterocycles. The van der Waals surface area contributed by atoms with Gasteiger partial charge in [0.2, 0.25) is 0 Å². The van der Waals surface area contributed by atoms with Crippen LogP contribution in [0.2, 0.25) is 0 Å². The molecular formula is C13H25NOS. The quantitative estimate of drug-likeness (QED) is 0.806. The molecule has 1 N–H and O–H groups in total. The highest BCUT2D eigenvalue weighted by Gasteiger charge is 2.27. The van der Waals surface area contributed by atoms with Crippen molar-refractivity contribution < 1.29 is 4.21 Å². The average Bonchev–Trinajstić information content (AvgIpc) is 2.27. The van der Waals surface area contributed by atoms with E-state index in [-0.39, 0.29) is 0 Å². The van der Waals surface area contributed by atoms with Gasteiger partial charge < -0.3 is 5.32 Å². The molecule has 0 aromatic rings. The highest BCUT2D eigenvalue weighted by Crippen LogP contribution is 2.30. The van der Waals surface area contributed by atoms with Crippen molar-refractivity contribution in [3.8, 4) is 0 Å². The Hall–Kier alpha value is 0.110. The molecular weight excluding hydrogens is 218 g/mol. The van der Waals surface area contributed by atoms with Crippen molar-refractivity contribution >= 4 is 10.8 Å². The Morgan fingerprint density at radius 2 is 1.62 bits per heavy atom. The van der Waals surface area contributed by atoms with Crippen LogP contribution in [-0.4, -0.2) is 27.8 Å². The van der Waals surface area contributed by atoms with E-state index in [0.717, 1.165) is 42.2 Å². The second-order valence-corrected chi connectivity index (χ2v) is 7.45. The molecule has 0 aromatic heterocycles. The summed E-state index contributed by atoms with van der Waals surface area (Å²) >= 11 is 0. The summed E-state index contributed by atoms with van der Waals surface area (Å²) in [5.74, 6) is 3.59. The van der Waals surface area contributed by atoms with Crippen molar-refractivity contribution in [2.75, 3.05) is 11.5 Å². The highest BCUT2D eigenvalue weighted by atomic mass is 32.2. The van der Waals surface area contributed by atoms with Gasteiger partial charge in [0.25, 0.3) is 0 Å². The smallest absolute Gasteiger partial charge is 0.0249 e. The normalized spacial score (nSPS) is 45.5. The van der Waals surface area contributed by atoms with E-state index < -0.39 is 10.8 Å². The average molecular weight is 243 g/mol. The number of hydrogen-bond acceptors (Lipinski definition) is 2. The SMILES string of the molecule is CC1CCC(NC2CCS(=O)CC2)CC1C. The molecule has 94 valence electrons. The van der Waals surface area contributed by atoms with Gasteiger partial charge in [-0.25, -0.2) is 0 Å². The molecule has 3 heteroatoms. The van der Waals surface area contributed by atoms with Crippen LogP contribution in [0.1, 0.15) is 46.0 Å². The van der Waals surface area contributed by atoms with Gasteiger partial charge in [0, 0.05) is 34.4 Å². The summed E-state index contributed by atoms with van der Waals surface area (Å²) in [6.45, 7) is 4.76. The molecule has 16 heavy (non-hydrogen) atoms. The third-order valence-corrected chi connectivity index (χ3v) is 5.84. The first-order valence-electron chi connectivity index (χ1n) is 6.76. The van der Waals surface area contributed by atoms with E-state index in [4.69, 9.17) is 0 Å². The maximum absolute atomic E-state index is 11.3. The third-order valence-electron chi connectivity index (χ3n) is 4.46. The summed E-state index contributed by atoms with van der Waals surface area (Å²) in [6, 6.07) is 1.37. The Balaban J connectivity index is 1.75. The standard InChI is InChI=1S/C13H25NOS/c1-10-3-4-13(9-11(10)2)14-12-5-7-16(15)8-6-12/h10-14H,3-9H2,1-2H3. The number of nitrogens with one attached hydrogen (secondary N) is 1. The molecule has 1 saturated heterocycles. The summed E-state index contributed by atoms with van der Waals surface area (Å²) < 4.78 is 11.3. The molecule has 0 spiro atoms. The molecule has 1 aliphatic carbocycles. The maximum Gasteiger partial charge on any atom is 0.0249 e. The van der Waals surface area contributed by atoms with Crippen LogP contribution in [0.25, 0.3) is 0 Å². The van der Waals surface area contributed by atoms with Gasteiger partial charge in [0.05, 0.1) is 0 Å². The van der Waals surface area contributed by atoms with Crippen LogP contribution in [0.5, 0.6) is 0 Å². The van der Waals surface area contributed by atoms with Gasteiger partial charge in [-0.3, -0.25) is 4.21 Å². The van der Waals surface area contributed by atoms with Crippen LogP contribution in [0.4, 0.5) is 0 Å². The zero-order valence-electron chi connectivity index (χ0n) is 10.6. The van der Waals surface area contributed by atoms with E-state index in [9.17, 15) is 4.21 Å². The zero-order valence-corrected chi connectivity index (χ0v) is 11.4. The molecule has 2 rings (SSSR count). The molecule has 1 heterocycles. The minimum absolute atomic E-state index is 0.520. The minimum atomic E-state index is -0.520. The fourth-order valence-electron chi connectivity index (χ4n) is 2.99. The van der Waals surface area contributed by atoms with Crippen LogP contribution in [-0.2, 0) is 10.8 Å². The summed E-state index contributed by atoms with van der Waals surface area (Å²) in [4.78, 5) is 0. The second kappa shape index (κ2) is 5.63. The van der Waals surface area contributed by atoms with Crippen LogP contribution >= 0.6 is 0 Å². The van der Waals surface area contributed by atoms with Gasteiger partial charge in [-0.1, -0.05) is 13.8 Å². The van der Waals surface area contributed by atoms with Gasteiger partial charge >= 0.3 is 0 Å². The lowest BCUT2D eigenvalue weighted by Gasteiger charge is -2.36. The molecule has 2 fully saturated rings. The van der Waals surface area contributed by atoms with Gasteiger partial charge in [-0.2, -0.15) is 0 Å². The molecule has 3 unspecified atom stereocenters. The third kappa shape index (κ3) is 3.30. The fourth-order valence-corrected chi connectivity index (χ4v) is 4.29. The van der Waals surface area contributed by atoms with Crippen molar-refractivity contribution in [2.45, 2.75) is 58.0 Å². The molecule has 2 aliphatic rings. The summed E-state index contributed by atoms with van der Waals surface area (Å²) in [5.41, 5.74) is 0. The Morgan fingerprint density at radius 3 is 2.25 bits per heavy atom. The van der Waals surface area contributed by atoms with Crippen molar-refractivity contribution in [3.63, 3.8) is 0 Å². The van der Waals surface area contributed by atoms with E-state index in [2.05, 4.69) is 19.2 Å². The monoisotopic (exact) mass is 243 g/mol. The van der Waals surface area contributed by atoms with Crippen LogP contribution < -0.4 is 5.32 Å². The lowest BCUT2D eigenvalue weighted by Crippen LogP contribution is -2.44. The van der Waals surface area contributed by atoms with Crippen molar-refractivity contribution in [3.05, 3.63) is 0 Å². The first kappa shape index (κ1) is 12.6. The Morgan fingerprint density at radius 1 is 0.938 bits per heavy atom. The number of hydrogen-bond donors (Lipinski definition) is 1. The molecule has 0 aromatic carbocycles. The molecule has 2 nitrogen and oxygen atoms in total. The molecule has 1 saturated carbocycles. The largest absolute Gasteiger partial charge is 0.311 e. The molecule has 0 amide bonds. The fraction of sp³-hybridized carbons (Fsp3) is 1.00. The van der Waals surface area contributed by atoms with E-state index in [1.54, 1.807) is 0 Å². The Kier molecular flexibility index (Phi) is 4.42. The van der Waals surface area contributed by atoms with E-state index in [0.29, 0.717) is 6.04 Å². The van der Waals surface area contributed by atoms with Crippen LogP contribution in [0.3, 0.4) is 0 Å². The highest BCUT2D eigenvalue weighted by molar-refractivity contribution is 7.85. The van der Waals surface area contributed by atoms with Gasteiger partial charge in [0.15, 0.2) is 0 Å². The summed E-state index contributed by atoms with van der Waals surface area (Å²) in [5, 5.41) is 3.79. The van der Waals surface area contributed by atoms with Crippen molar-refractivity contribution in [1.82, 2.24) is 5.32 Å². The van der Waals surface area contributed by atoms with E-state index in [1.807, 2.05) is 0 Å². The molecule has 0 bridgehead atoms. The predicted molar refractivity (Wildman–Crippen MR) is 70.0 cm³/mol. The zero-order chi connectivity index (χ0) is 11.5. The van der Waals surface area contributed by atoms with Crippen molar-refractivity contribution in [1.29, 1.82) is 0 Å². The Labute approximate surface area is 102 Å². The molecule has 0 radical (unpaired) electrons. The predicted octanol–water partition coefficient (Wildman–Crippen LogP) is 2.31. The Bertz CT molecular complexity index is 246. The lowest BCUT2D eigenvalue weighted by molar-refractivity contribution is 0.212. The summed E-state index contributed by atoms with van der Waals surface area (Å²) in [6.07, 6.45) is 6.28. The molecule has 3 atom stereocenters. The first-order valence-corrected chi connectivity index (χ1v) is 8.25. The first-order chi connectivity index (χ1) is 7.65. The lowest BCUT2D eigenvalue weighted by atomic mass is 9.79. The van der Waals surface area contributed by atoms with Gasteiger partial charge in [-0.15, -0.1) is 0 Å². The van der Waals surface area contributed by atoms with Crippen LogP contribution in [0.15, 0.2) is 0 Å². The van der Waals surface area contributed by atoms with E-state index in [1.165, 1.54) is 19.3 Å². The van der Waals surface area contributed by atoms with Crippen LogP contribution in [0, 0.1) is 11.8 Å². The topological polar surface area (TPSA) is 29.1 Å². The van der Waals surface area contributed by atoms with Gasteiger partial charge in [-0.05, 0) is 43.9 Å².